The largest absolute Gasteiger partial charge is 0.444 e. The third kappa shape index (κ3) is 7.35. The van der Waals surface area contributed by atoms with Gasteiger partial charge in [0.25, 0.3) is 5.91 Å². The topological polar surface area (TPSA) is 81.6 Å². The smallest absolute Gasteiger partial charge is 0.408 e. The molecule has 3 rings (SSSR count). The third-order valence-corrected chi connectivity index (χ3v) is 5.31. The molecule has 0 bridgehead atoms. The van der Waals surface area contributed by atoms with E-state index in [1.807, 2.05) is 48.5 Å². The maximum atomic E-state index is 13.0. The fourth-order valence-electron chi connectivity index (χ4n) is 3.71. The summed E-state index contributed by atoms with van der Waals surface area (Å²) in [6.45, 7) is 8.63. The summed E-state index contributed by atoms with van der Waals surface area (Å²) in [6.07, 6.45) is 3.88. The normalized spacial score (nSPS) is 12.4. The molecule has 0 unspecified atom stereocenters. The van der Waals surface area contributed by atoms with Crippen LogP contribution in [0.3, 0.4) is 0 Å². The SMILES string of the molecule is CCCCn1cc(C[C@@H](NC(=O)OC(C)(C)C)C(=O)NOCc2ccccc2)c2ccccc21. The van der Waals surface area contributed by atoms with E-state index < -0.39 is 23.6 Å². The second-order valence-electron chi connectivity index (χ2n) is 9.36. The van der Waals surface area contributed by atoms with Gasteiger partial charge >= 0.3 is 6.09 Å². The molecule has 0 fully saturated rings. The van der Waals surface area contributed by atoms with Crippen LogP contribution in [0.5, 0.6) is 0 Å². The fourth-order valence-corrected chi connectivity index (χ4v) is 3.71. The Kier molecular flexibility index (Phi) is 8.71. The Morgan fingerprint density at radius 1 is 1.03 bits per heavy atom. The molecule has 0 aliphatic rings. The number of ether oxygens (including phenoxy) is 1. The molecule has 34 heavy (non-hydrogen) atoms. The standard InChI is InChI=1S/C27H35N3O4/c1-5-6-16-30-18-21(22-14-10-11-15-24(22)30)17-23(28-26(32)34-27(2,3)4)25(31)29-33-19-20-12-8-7-9-13-20/h7-15,18,23H,5-6,16-17,19H2,1-4H3,(H,28,32)(H,29,31)/t23-/m1/s1. The van der Waals surface area contributed by atoms with Gasteiger partial charge < -0.3 is 14.6 Å². The number of hydrogen-bond acceptors (Lipinski definition) is 4. The monoisotopic (exact) mass is 465 g/mol. The van der Waals surface area contributed by atoms with Gasteiger partial charge in [0.1, 0.15) is 11.6 Å². The molecule has 1 atom stereocenters. The molecule has 7 heteroatoms. The average Bonchev–Trinajstić information content (AvgIpc) is 3.14. The molecule has 3 aromatic rings. The molecule has 2 amide bonds. The van der Waals surface area contributed by atoms with Gasteiger partial charge in [0, 0.05) is 30.1 Å². The summed E-state index contributed by atoms with van der Waals surface area (Å²) >= 11 is 0. The second kappa shape index (κ2) is 11.7. The Morgan fingerprint density at radius 3 is 2.44 bits per heavy atom. The van der Waals surface area contributed by atoms with Crippen LogP contribution in [-0.2, 0) is 33.9 Å². The Labute approximate surface area is 201 Å². The van der Waals surface area contributed by atoms with Gasteiger partial charge in [0.05, 0.1) is 6.61 Å². The van der Waals surface area contributed by atoms with Gasteiger partial charge in [-0.2, -0.15) is 0 Å². The summed E-state index contributed by atoms with van der Waals surface area (Å²) in [5.41, 5.74) is 4.84. The highest BCUT2D eigenvalue weighted by atomic mass is 16.7. The van der Waals surface area contributed by atoms with Crippen molar-refractivity contribution < 1.29 is 19.2 Å². The first-order valence-corrected chi connectivity index (χ1v) is 11.8. The minimum Gasteiger partial charge on any atom is -0.444 e. The predicted molar refractivity (Wildman–Crippen MR) is 133 cm³/mol. The summed E-state index contributed by atoms with van der Waals surface area (Å²) in [5, 5.41) is 3.79. The third-order valence-electron chi connectivity index (χ3n) is 5.31. The minimum absolute atomic E-state index is 0.224. The summed E-state index contributed by atoms with van der Waals surface area (Å²) in [7, 11) is 0. The molecule has 0 saturated carbocycles. The van der Waals surface area contributed by atoms with Crippen molar-refractivity contribution in [3.8, 4) is 0 Å². The van der Waals surface area contributed by atoms with Crippen LogP contribution in [-0.4, -0.2) is 28.2 Å². The summed E-state index contributed by atoms with van der Waals surface area (Å²) < 4.78 is 7.61. The molecule has 0 aliphatic heterocycles. The van der Waals surface area contributed by atoms with E-state index in [9.17, 15) is 9.59 Å². The summed E-state index contributed by atoms with van der Waals surface area (Å²) in [4.78, 5) is 31.0. The van der Waals surface area contributed by atoms with E-state index in [4.69, 9.17) is 9.57 Å². The molecule has 182 valence electrons. The number of fused-ring (bicyclic) bond motifs is 1. The number of hydrogen-bond donors (Lipinski definition) is 2. The summed E-state index contributed by atoms with van der Waals surface area (Å²) in [5.74, 6) is -0.438. The number of hydroxylamine groups is 1. The second-order valence-corrected chi connectivity index (χ2v) is 9.36. The van der Waals surface area contributed by atoms with Crippen LogP contribution >= 0.6 is 0 Å². The van der Waals surface area contributed by atoms with E-state index in [0.29, 0.717) is 6.42 Å². The zero-order valence-corrected chi connectivity index (χ0v) is 20.5. The van der Waals surface area contributed by atoms with Crippen LogP contribution in [0.25, 0.3) is 10.9 Å². The molecular weight excluding hydrogens is 430 g/mol. The van der Waals surface area contributed by atoms with Crippen molar-refractivity contribution in [3.63, 3.8) is 0 Å². The maximum Gasteiger partial charge on any atom is 0.408 e. The van der Waals surface area contributed by atoms with Gasteiger partial charge in [-0.05, 0) is 44.4 Å². The van der Waals surface area contributed by atoms with E-state index in [2.05, 4.69) is 34.6 Å². The molecule has 0 saturated heterocycles. The lowest BCUT2D eigenvalue weighted by Gasteiger charge is -2.23. The number of carbonyl (C=O) groups excluding carboxylic acids is 2. The van der Waals surface area contributed by atoms with Crippen molar-refractivity contribution >= 4 is 22.9 Å². The quantitative estimate of drug-likeness (QED) is 0.407. The Hall–Kier alpha value is -3.32. The van der Waals surface area contributed by atoms with Gasteiger partial charge in [-0.15, -0.1) is 0 Å². The minimum atomic E-state index is -0.865. The first-order chi connectivity index (χ1) is 16.3. The number of alkyl carbamates (subject to hydrolysis) is 1. The van der Waals surface area contributed by atoms with Crippen molar-refractivity contribution in [1.29, 1.82) is 0 Å². The molecule has 0 radical (unpaired) electrons. The number of amides is 2. The van der Waals surface area contributed by atoms with Gasteiger partial charge in [-0.3, -0.25) is 9.63 Å². The first-order valence-electron chi connectivity index (χ1n) is 11.8. The summed E-state index contributed by atoms with van der Waals surface area (Å²) in [6, 6.07) is 16.8. The zero-order chi connectivity index (χ0) is 24.6. The number of nitrogens with zero attached hydrogens (tertiary/aromatic N) is 1. The van der Waals surface area contributed by atoms with E-state index in [1.165, 1.54) is 0 Å². The Balaban J connectivity index is 1.77. The highest BCUT2D eigenvalue weighted by Gasteiger charge is 2.26. The van der Waals surface area contributed by atoms with Gasteiger partial charge in [0.15, 0.2) is 0 Å². The maximum absolute atomic E-state index is 13.0. The number of benzene rings is 2. The molecule has 0 aliphatic carbocycles. The van der Waals surface area contributed by atoms with E-state index >= 15 is 0 Å². The molecule has 1 heterocycles. The van der Waals surface area contributed by atoms with Gasteiger partial charge in [-0.25, -0.2) is 10.3 Å². The highest BCUT2D eigenvalue weighted by molar-refractivity contribution is 5.88. The molecule has 7 nitrogen and oxygen atoms in total. The Bertz CT molecular complexity index is 1090. The number of aryl methyl sites for hydroxylation is 1. The number of unbranched alkanes of at least 4 members (excludes halogenated alkanes) is 1. The van der Waals surface area contributed by atoms with Crippen molar-refractivity contribution in [3.05, 3.63) is 71.9 Å². The molecular formula is C27H35N3O4. The van der Waals surface area contributed by atoms with E-state index in [0.717, 1.165) is 41.4 Å². The zero-order valence-electron chi connectivity index (χ0n) is 20.5. The van der Waals surface area contributed by atoms with Crippen LogP contribution < -0.4 is 10.8 Å². The van der Waals surface area contributed by atoms with Gasteiger partial charge in [0.2, 0.25) is 0 Å². The number of para-hydroxylation sites is 1. The van der Waals surface area contributed by atoms with E-state index in [1.54, 1.807) is 20.8 Å². The van der Waals surface area contributed by atoms with Crippen LogP contribution in [0.1, 0.15) is 51.7 Å². The van der Waals surface area contributed by atoms with Gasteiger partial charge in [-0.1, -0.05) is 61.9 Å². The molecule has 1 aromatic heterocycles. The van der Waals surface area contributed by atoms with Crippen molar-refractivity contribution in [2.45, 2.75) is 71.8 Å². The van der Waals surface area contributed by atoms with Crippen molar-refractivity contribution in [2.24, 2.45) is 0 Å². The molecule has 0 spiro atoms. The predicted octanol–water partition coefficient (Wildman–Crippen LogP) is 5.13. The fraction of sp³-hybridized carbons (Fsp3) is 0.407. The number of nitrogens with one attached hydrogen (secondary N) is 2. The van der Waals surface area contributed by atoms with Crippen molar-refractivity contribution in [1.82, 2.24) is 15.4 Å². The van der Waals surface area contributed by atoms with E-state index in [-0.39, 0.29) is 6.61 Å². The number of carbonyl (C=O) groups is 2. The first kappa shape index (κ1) is 25.3. The molecule has 2 N–H and O–H groups in total. The van der Waals surface area contributed by atoms with Crippen LogP contribution in [0, 0.1) is 0 Å². The average molecular weight is 466 g/mol. The van der Waals surface area contributed by atoms with Crippen LogP contribution in [0.2, 0.25) is 0 Å². The number of aromatic nitrogens is 1. The van der Waals surface area contributed by atoms with Crippen LogP contribution in [0.4, 0.5) is 4.79 Å². The molecule has 2 aromatic carbocycles. The highest BCUT2D eigenvalue weighted by Crippen LogP contribution is 2.23. The van der Waals surface area contributed by atoms with Crippen LogP contribution in [0.15, 0.2) is 60.8 Å². The Morgan fingerprint density at radius 2 is 1.74 bits per heavy atom. The lowest BCUT2D eigenvalue weighted by molar-refractivity contribution is -0.136. The lowest BCUT2D eigenvalue weighted by Crippen LogP contribution is -2.49. The number of rotatable bonds is 10. The lowest BCUT2D eigenvalue weighted by atomic mass is 10.0. The van der Waals surface area contributed by atoms with Crippen molar-refractivity contribution in [2.75, 3.05) is 0 Å².